The van der Waals surface area contributed by atoms with Crippen molar-refractivity contribution in [3.8, 4) is 11.5 Å². The van der Waals surface area contributed by atoms with Crippen LogP contribution in [0.2, 0.25) is 0 Å². The zero-order valence-corrected chi connectivity index (χ0v) is 13.2. The van der Waals surface area contributed by atoms with Crippen LogP contribution in [0, 0.1) is 0 Å². The lowest BCUT2D eigenvalue weighted by Gasteiger charge is -2.08. The number of para-hydroxylation sites is 1. The van der Waals surface area contributed by atoms with Gasteiger partial charge in [-0.3, -0.25) is 5.43 Å². The van der Waals surface area contributed by atoms with Crippen molar-refractivity contribution in [1.82, 2.24) is 5.43 Å². The molecule has 6 heteroatoms. The Bertz CT molecular complexity index is 657. The van der Waals surface area contributed by atoms with Gasteiger partial charge in [0.2, 0.25) is 0 Å². The summed E-state index contributed by atoms with van der Waals surface area (Å²) in [6.07, 6.45) is 1.65. The van der Waals surface area contributed by atoms with Crippen molar-refractivity contribution in [2.24, 2.45) is 5.10 Å². The molecular weight excluding hydrogens is 298 g/mol. The highest BCUT2D eigenvalue weighted by Gasteiger charge is 1.99. The summed E-state index contributed by atoms with van der Waals surface area (Å²) >= 11 is 5.18. The van der Waals surface area contributed by atoms with Gasteiger partial charge < -0.3 is 14.8 Å². The lowest BCUT2D eigenvalue weighted by molar-refractivity contribution is 0.414. The number of methoxy groups -OCH3 is 2. The third kappa shape index (κ3) is 4.46. The van der Waals surface area contributed by atoms with Gasteiger partial charge in [-0.1, -0.05) is 12.1 Å². The molecule has 2 aromatic carbocycles. The standard InChI is InChI=1S/C16H17N3O2S/c1-20-14-9-7-13(8-10-14)18-16(22)19-17-11-12-5-3-4-6-15(12)21-2/h3-11H,1-2H3,(H2,18,19,22)/b17-11-. The van der Waals surface area contributed by atoms with Crippen molar-refractivity contribution in [2.75, 3.05) is 19.5 Å². The van der Waals surface area contributed by atoms with E-state index in [0.717, 1.165) is 22.7 Å². The highest BCUT2D eigenvalue weighted by Crippen LogP contribution is 2.15. The van der Waals surface area contributed by atoms with E-state index in [9.17, 15) is 0 Å². The Morgan fingerprint density at radius 1 is 1.05 bits per heavy atom. The van der Waals surface area contributed by atoms with Crippen molar-refractivity contribution in [2.45, 2.75) is 0 Å². The van der Waals surface area contributed by atoms with Crippen molar-refractivity contribution >= 4 is 29.2 Å². The summed E-state index contributed by atoms with van der Waals surface area (Å²) in [6.45, 7) is 0. The molecule has 2 N–H and O–H groups in total. The summed E-state index contributed by atoms with van der Waals surface area (Å²) < 4.78 is 10.3. The van der Waals surface area contributed by atoms with Gasteiger partial charge in [0.25, 0.3) is 0 Å². The van der Waals surface area contributed by atoms with Gasteiger partial charge in [0.15, 0.2) is 5.11 Å². The second-order valence-electron chi connectivity index (χ2n) is 4.29. The number of hydrogen-bond donors (Lipinski definition) is 2. The van der Waals surface area contributed by atoms with E-state index in [2.05, 4.69) is 15.8 Å². The first kappa shape index (κ1) is 15.8. The van der Waals surface area contributed by atoms with E-state index in [0.29, 0.717) is 5.11 Å². The third-order valence-electron chi connectivity index (χ3n) is 2.86. The highest BCUT2D eigenvalue weighted by molar-refractivity contribution is 7.80. The molecule has 0 fully saturated rings. The lowest BCUT2D eigenvalue weighted by Crippen LogP contribution is -2.23. The molecule has 114 valence electrons. The molecule has 2 aromatic rings. The van der Waals surface area contributed by atoms with Crippen molar-refractivity contribution in [3.05, 3.63) is 54.1 Å². The number of thiocarbonyl (C=S) groups is 1. The van der Waals surface area contributed by atoms with Gasteiger partial charge >= 0.3 is 0 Å². The first-order valence-electron chi connectivity index (χ1n) is 6.60. The molecular formula is C16H17N3O2S. The number of ether oxygens (including phenoxy) is 2. The molecule has 0 amide bonds. The fourth-order valence-corrected chi connectivity index (χ4v) is 1.94. The number of nitrogens with zero attached hydrogens (tertiary/aromatic N) is 1. The second kappa shape index (κ2) is 7.99. The summed E-state index contributed by atoms with van der Waals surface area (Å²) in [5.74, 6) is 1.54. The average Bonchev–Trinajstić information content (AvgIpc) is 2.56. The molecule has 0 atom stereocenters. The van der Waals surface area contributed by atoms with Gasteiger partial charge in [0.05, 0.1) is 20.4 Å². The monoisotopic (exact) mass is 315 g/mol. The molecule has 22 heavy (non-hydrogen) atoms. The fourth-order valence-electron chi connectivity index (χ4n) is 1.77. The number of hydrogen-bond acceptors (Lipinski definition) is 4. The summed E-state index contributed by atoms with van der Waals surface area (Å²) in [6, 6.07) is 15.0. The minimum Gasteiger partial charge on any atom is -0.497 e. The van der Waals surface area contributed by atoms with Crippen molar-refractivity contribution in [1.29, 1.82) is 0 Å². The van der Waals surface area contributed by atoms with E-state index < -0.39 is 0 Å². The Labute approximate surface area is 134 Å². The molecule has 5 nitrogen and oxygen atoms in total. The van der Waals surface area contributed by atoms with Crippen LogP contribution in [0.1, 0.15) is 5.56 Å². The molecule has 0 radical (unpaired) electrons. The molecule has 0 saturated carbocycles. The van der Waals surface area contributed by atoms with Gasteiger partial charge in [0, 0.05) is 11.3 Å². The van der Waals surface area contributed by atoms with E-state index in [1.807, 2.05) is 48.5 Å². The highest BCUT2D eigenvalue weighted by atomic mass is 32.1. The maximum Gasteiger partial charge on any atom is 0.191 e. The molecule has 0 spiro atoms. The Morgan fingerprint density at radius 3 is 2.45 bits per heavy atom. The summed E-state index contributed by atoms with van der Waals surface area (Å²) in [5, 5.41) is 7.52. The predicted octanol–water partition coefficient (Wildman–Crippen LogP) is 3.02. The largest absolute Gasteiger partial charge is 0.497 e. The molecule has 0 aliphatic rings. The van der Waals surface area contributed by atoms with Gasteiger partial charge in [-0.2, -0.15) is 5.10 Å². The number of rotatable bonds is 5. The molecule has 0 saturated heterocycles. The first-order valence-corrected chi connectivity index (χ1v) is 7.01. The van der Waals surface area contributed by atoms with Crippen molar-refractivity contribution < 1.29 is 9.47 Å². The number of hydrazone groups is 1. The fraction of sp³-hybridized carbons (Fsp3) is 0.125. The average molecular weight is 315 g/mol. The number of benzene rings is 2. The van der Waals surface area contributed by atoms with Crippen LogP contribution in [0.15, 0.2) is 53.6 Å². The van der Waals surface area contributed by atoms with Crippen molar-refractivity contribution in [3.63, 3.8) is 0 Å². The van der Waals surface area contributed by atoms with Crippen LogP contribution < -0.4 is 20.2 Å². The number of anilines is 1. The van der Waals surface area contributed by atoms with Crippen LogP contribution in [0.3, 0.4) is 0 Å². The summed E-state index contributed by atoms with van der Waals surface area (Å²) in [4.78, 5) is 0. The number of nitrogens with one attached hydrogen (secondary N) is 2. The van der Waals surface area contributed by atoms with E-state index >= 15 is 0 Å². The van der Waals surface area contributed by atoms with Gasteiger partial charge in [-0.15, -0.1) is 0 Å². The van der Waals surface area contributed by atoms with Crippen LogP contribution in [0.4, 0.5) is 5.69 Å². The van der Waals surface area contributed by atoms with Crippen LogP contribution in [0.5, 0.6) is 11.5 Å². The maximum absolute atomic E-state index is 5.24. The SMILES string of the molecule is COc1ccc(NC(=S)N/N=C\c2ccccc2OC)cc1. The van der Waals surface area contributed by atoms with Crippen LogP contribution >= 0.6 is 12.2 Å². The normalized spacial score (nSPS) is 10.3. The molecule has 0 aliphatic carbocycles. The van der Waals surface area contributed by atoms with Crippen LogP contribution in [-0.2, 0) is 0 Å². The Balaban J connectivity index is 1.90. The molecule has 0 unspecified atom stereocenters. The Morgan fingerprint density at radius 2 is 1.77 bits per heavy atom. The first-order chi connectivity index (χ1) is 10.7. The summed E-state index contributed by atoms with van der Waals surface area (Å²) in [5.41, 5.74) is 4.48. The summed E-state index contributed by atoms with van der Waals surface area (Å²) in [7, 11) is 3.25. The minimum atomic E-state index is 0.399. The Kier molecular flexibility index (Phi) is 5.73. The third-order valence-corrected chi connectivity index (χ3v) is 3.05. The molecule has 0 aliphatic heterocycles. The smallest absolute Gasteiger partial charge is 0.191 e. The van der Waals surface area contributed by atoms with Gasteiger partial charge in [-0.25, -0.2) is 0 Å². The quantitative estimate of drug-likeness (QED) is 0.505. The minimum absolute atomic E-state index is 0.399. The van der Waals surface area contributed by atoms with Crippen LogP contribution in [-0.4, -0.2) is 25.5 Å². The van der Waals surface area contributed by atoms with Crippen LogP contribution in [0.25, 0.3) is 0 Å². The van der Waals surface area contributed by atoms with E-state index in [1.165, 1.54) is 0 Å². The second-order valence-corrected chi connectivity index (χ2v) is 4.70. The molecule has 0 bridgehead atoms. The molecule has 0 aromatic heterocycles. The molecule has 2 rings (SSSR count). The molecule has 0 heterocycles. The van der Waals surface area contributed by atoms with E-state index in [-0.39, 0.29) is 0 Å². The van der Waals surface area contributed by atoms with E-state index in [1.54, 1.807) is 20.4 Å². The topological polar surface area (TPSA) is 54.9 Å². The van der Waals surface area contributed by atoms with E-state index in [4.69, 9.17) is 21.7 Å². The van der Waals surface area contributed by atoms with Gasteiger partial charge in [0.1, 0.15) is 11.5 Å². The predicted molar refractivity (Wildman–Crippen MR) is 92.9 cm³/mol. The van der Waals surface area contributed by atoms with Gasteiger partial charge in [-0.05, 0) is 48.6 Å². The Hall–Kier alpha value is -2.60. The zero-order chi connectivity index (χ0) is 15.8. The lowest BCUT2D eigenvalue weighted by atomic mass is 10.2. The maximum atomic E-state index is 5.24. The zero-order valence-electron chi connectivity index (χ0n) is 12.4.